The fourth-order valence-electron chi connectivity index (χ4n) is 5.32. The van der Waals surface area contributed by atoms with E-state index < -0.39 is 57.5 Å². The lowest BCUT2D eigenvalue weighted by Gasteiger charge is -2.27. The molecule has 3 aromatic rings. The zero-order chi connectivity index (χ0) is 27.9. The van der Waals surface area contributed by atoms with Gasteiger partial charge in [-0.2, -0.15) is 9.04 Å². The van der Waals surface area contributed by atoms with Crippen LogP contribution in [0.25, 0.3) is 11.0 Å². The molecule has 2 saturated heterocycles. The van der Waals surface area contributed by atoms with Crippen LogP contribution in [0.2, 0.25) is 0 Å². The minimum Gasteiger partial charge on any atom is -0.618 e. The molecule has 2 aliphatic heterocycles. The predicted octanol–water partition coefficient (Wildman–Crippen LogP) is 1.87. The number of likely N-dealkylation sites (tertiary alicyclic amines) is 1. The number of aryl methyl sites for hydroxylation is 1. The molecule has 206 valence electrons. The van der Waals surface area contributed by atoms with Crippen LogP contribution in [0.3, 0.4) is 0 Å². The Morgan fingerprint density at radius 2 is 1.97 bits per heavy atom. The molecule has 2 aromatic heterocycles. The van der Waals surface area contributed by atoms with E-state index in [-0.39, 0.29) is 30.1 Å². The van der Waals surface area contributed by atoms with Crippen molar-refractivity contribution < 1.29 is 36.7 Å². The molecule has 0 saturated carbocycles. The maximum Gasteiger partial charge on any atom is 0.415 e. The van der Waals surface area contributed by atoms with Gasteiger partial charge in [-0.3, -0.25) is 9.59 Å². The molecule has 1 aromatic carbocycles. The number of pyridine rings is 1. The summed E-state index contributed by atoms with van der Waals surface area (Å²) in [6.45, 7) is 3.27. The average molecular weight is 557 g/mol. The number of carbonyl (C=O) groups is 3. The average Bonchev–Trinajstić information content (AvgIpc) is 3.58. The van der Waals surface area contributed by atoms with Crippen molar-refractivity contribution in [3.05, 3.63) is 59.4 Å². The number of hydrogen-bond acceptors (Lipinski definition) is 8. The molecule has 4 heterocycles. The predicted molar refractivity (Wildman–Crippen MR) is 137 cm³/mol. The van der Waals surface area contributed by atoms with E-state index in [1.807, 2.05) is 19.1 Å². The highest BCUT2D eigenvalue weighted by molar-refractivity contribution is 7.89. The van der Waals surface area contributed by atoms with Crippen LogP contribution in [0.1, 0.15) is 31.7 Å². The standard InChI is InChI=1S/C26H28N4O8S/c1-3-8-18(27-26(33)38-25-16(2)17-9-4-5-10-21(17)37-25)24(32)28-14-12-19-23(28)20(31)15-30(19)39(35,36)22-11-6-7-13-29(22)34/h4-7,9-11,13,18-19,23H,3,8,12,14-15H2,1-2H3,(H,27,33). The van der Waals surface area contributed by atoms with Gasteiger partial charge in [0.1, 0.15) is 17.7 Å². The lowest BCUT2D eigenvalue weighted by molar-refractivity contribution is -0.646. The Kier molecular flexibility index (Phi) is 7.03. The summed E-state index contributed by atoms with van der Waals surface area (Å²) in [5.41, 5.74) is 1.19. The van der Waals surface area contributed by atoms with Crippen LogP contribution < -0.4 is 14.8 Å². The summed E-state index contributed by atoms with van der Waals surface area (Å²) in [6, 6.07) is 8.41. The number of nitrogens with one attached hydrogen (secondary N) is 1. The Labute approximate surface area is 224 Å². The van der Waals surface area contributed by atoms with Gasteiger partial charge in [0.2, 0.25) is 5.91 Å². The van der Waals surface area contributed by atoms with Crippen LogP contribution in [-0.4, -0.2) is 66.6 Å². The van der Waals surface area contributed by atoms with Crippen molar-refractivity contribution in [2.45, 2.75) is 56.3 Å². The maximum atomic E-state index is 13.6. The Balaban J connectivity index is 1.32. The first kappa shape index (κ1) is 26.6. The molecule has 0 bridgehead atoms. The molecule has 0 aliphatic carbocycles. The number of fused-ring (bicyclic) bond motifs is 2. The number of hydrogen-bond donors (Lipinski definition) is 1. The molecule has 5 rings (SSSR count). The number of carbonyl (C=O) groups excluding carboxylic acids is 3. The summed E-state index contributed by atoms with van der Waals surface area (Å²) in [4.78, 5) is 40.6. The first-order valence-electron chi connectivity index (χ1n) is 12.6. The maximum absolute atomic E-state index is 13.6. The minimum absolute atomic E-state index is 0.0148. The molecule has 2 aliphatic rings. The number of para-hydroxylation sites is 1. The molecule has 2 amide bonds. The van der Waals surface area contributed by atoms with Crippen LogP contribution >= 0.6 is 0 Å². The van der Waals surface area contributed by atoms with E-state index >= 15 is 0 Å². The molecule has 2 fully saturated rings. The van der Waals surface area contributed by atoms with Crippen molar-refractivity contribution in [2.24, 2.45) is 0 Å². The number of ether oxygens (including phenoxy) is 1. The minimum atomic E-state index is -4.28. The Bertz CT molecular complexity index is 1550. The number of amides is 2. The van der Waals surface area contributed by atoms with Gasteiger partial charge in [-0.1, -0.05) is 31.5 Å². The normalized spacial score (nSPS) is 20.3. The van der Waals surface area contributed by atoms with Crippen molar-refractivity contribution in [3.63, 3.8) is 0 Å². The molecule has 3 atom stereocenters. The summed E-state index contributed by atoms with van der Waals surface area (Å²) in [5, 5.41) is 15.0. The first-order chi connectivity index (χ1) is 18.6. The third-order valence-electron chi connectivity index (χ3n) is 7.17. The van der Waals surface area contributed by atoms with Crippen molar-refractivity contribution in [1.82, 2.24) is 14.5 Å². The van der Waals surface area contributed by atoms with Crippen molar-refractivity contribution in [2.75, 3.05) is 13.1 Å². The number of aromatic nitrogens is 1. The molecule has 0 radical (unpaired) electrons. The Morgan fingerprint density at radius 1 is 1.23 bits per heavy atom. The largest absolute Gasteiger partial charge is 0.618 e. The van der Waals surface area contributed by atoms with Gasteiger partial charge in [0.05, 0.1) is 12.6 Å². The van der Waals surface area contributed by atoms with Gasteiger partial charge in [0.15, 0.2) is 12.0 Å². The van der Waals surface area contributed by atoms with E-state index in [1.54, 1.807) is 19.1 Å². The Morgan fingerprint density at radius 3 is 2.69 bits per heavy atom. The summed E-state index contributed by atoms with van der Waals surface area (Å²) in [6.07, 6.45) is 1.23. The van der Waals surface area contributed by atoms with E-state index in [9.17, 15) is 28.0 Å². The van der Waals surface area contributed by atoms with Gasteiger partial charge in [-0.25, -0.2) is 13.2 Å². The van der Waals surface area contributed by atoms with Crippen LogP contribution in [0.5, 0.6) is 5.95 Å². The third-order valence-corrected chi connectivity index (χ3v) is 9.04. The molecule has 0 spiro atoms. The number of benzene rings is 1. The highest BCUT2D eigenvalue weighted by atomic mass is 32.2. The molecular weight excluding hydrogens is 528 g/mol. The highest BCUT2D eigenvalue weighted by Gasteiger charge is 2.55. The van der Waals surface area contributed by atoms with Crippen molar-refractivity contribution in [1.29, 1.82) is 0 Å². The molecule has 1 N–H and O–H groups in total. The second-order valence-electron chi connectivity index (χ2n) is 9.60. The van der Waals surface area contributed by atoms with Crippen LogP contribution in [-0.2, 0) is 19.6 Å². The summed E-state index contributed by atoms with van der Waals surface area (Å²) in [5.74, 6) is -0.937. The number of furan rings is 1. The van der Waals surface area contributed by atoms with Gasteiger partial charge >= 0.3 is 21.1 Å². The summed E-state index contributed by atoms with van der Waals surface area (Å²) < 4.78 is 38.7. The quantitative estimate of drug-likeness (QED) is 0.342. The lowest BCUT2D eigenvalue weighted by atomic mass is 10.1. The third kappa shape index (κ3) is 4.72. The first-order valence-corrected chi connectivity index (χ1v) is 14.1. The molecule has 13 heteroatoms. The van der Waals surface area contributed by atoms with E-state index in [0.29, 0.717) is 17.6 Å². The number of sulfonamides is 1. The number of ketones is 1. The van der Waals surface area contributed by atoms with Crippen molar-refractivity contribution in [3.8, 4) is 5.95 Å². The van der Waals surface area contributed by atoms with Gasteiger partial charge < -0.3 is 24.6 Å². The fourth-order valence-corrected chi connectivity index (χ4v) is 6.98. The monoisotopic (exact) mass is 556 g/mol. The van der Waals surface area contributed by atoms with Crippen LogP contribution in [0.4, 0.5) is 4.79 Å². The number of nitrogens with zero attached hydrogens (tertiary/aromatic N) is 3. The van der Waals surface area contributed by atoms with E-state index in [4.69, 9.17) is 9.15 Å². The van der Waals surface area contributed by atoms with Crippen molar-refractivity contribution >= 4 is 38.8 Å². The second-order valence-corrected chi connectivity index (χ2v) is 11.4. The van der Waals surface area contributed by atoms with Crippen LogP contribution in [0.15, 0.2) is 58.1 Å². The summed E-state index contributed by atoms with van der Waals surface area (Å²) >= 11 is 0. The SMILES string of the molecule is CCCC(NC(=O)Oc1oc2ccccc2c1C)C(=O)N1CCC2C1C(=O)CN2S(=O)(=O)c1cccc[n+]1[O-]. The van der Waals surface area contributed by atoms with E-state index in [0.717, 1.165) is 15.9 Å². The molecule has 3 unspecified atom stereocenters. The number of Topliss-reactive ketones (excluding diaryl/α,β-unsaturated/α-hetero) is 1. The van der Waals surface area contributed by atoms with E-state index in [1.165, 1.54) is 23.1 Å². The zero-order valence-corrected chi connectivity index (χ0v) is 22.2. The Hall–Kier alpha value is -3.97. The second kappa shape index (κ2) is 10.3. The van der Waals surface area contributed by atoms with Crippen LogP contribution in [0, 0.1) is 12.1 Å². The summed E-state index contributed by atoms with van der Waals surface area (Å²) in [7, 11) is -4.28. The highest BCUT2D eigenvalue weighted by Crippen LogP contribution is 2.34. The van der Waals surface area contributed by atoms with Gasteiger partial charge in [-0.05, 0) is 31.9 Å². The zero-order valence-electron chi connectivity index (χ0n) is 21.4. The smallest absolute Gasteiger partial charge is 0.415 e. The fraction of sp³-hybridized carbons (Fsp3) is 0.385. The molecule has 39 heavy (non-hydrogen) atoms. The molecular formula is C26H28N4O8S. The number of rotatable bonds is 7. The van der Waals surface area contributed by atoms with Gasteiger partial charge in [0, 0.05) is 29.6 Å². The lowest BCUT2D eigenvalue weighted by Crippen LogP contribution is -2.53. The van der Waals surface area contributed by atoms with Gasteiger partial charge in [0.25, 0.3) is 5.95 Å². The van der Waals surface area contributed by atoms with Gasteiger partial charge in [-0.15, -0.1) is 0 Å². The topological polar surface area (TPSA) is 153 Å². The van der Waals surface area contributed by atoms with E-state index in [2.05, 4.69) is 5.32 Å². The molecule has 12 nitrogen and oxygen atoms in total.